The number of hydrogen-bond donors (Lipinski definition) is 2. The minimum atomic E-state index is 0.0744. The van der Waals surface area contributed by atoms with Crippen LogP contribution in [-0.4, -0.2) is 15.0 Å². The van der Waals surface area contributed by atoms with E-state index in [1.54, 1.807) is 0 Å². The van der Waals surface area contributed by atoms with Crippen molar-refractivity contribution in [3.05, 3.63) is 34.6 Å². The van der Waals surface area contributed by atoms with Crippen molar-refractivity contribution in [1.82, 2.24) is 15.0 Å². The molecule has 2 rings (SSSR count). The van der Waals surface area contributed by atoms with Crippen LogP contribution in [0.1, 0.15) is 11.1 Å². The molecule has 0 atom stereocenters. The summed E-state index contributed by atoms with van der Waals surface area (Å²) < 4.78 is 0. The fourth-order valence-corrected chi connectivity index (χ4v) is 1.58. The van der Waals surface area contributed by atoms with Crippen molar-refractivity contribution in [3.8, 4) is 0 Å². The van der Waals surface area contributed by atoms with Crippen LogP contribution in [0.25, 0.3) is 0 Å². The SMILES string of the molecule is Cc1ccc(C)c(Nc2nc(N)nc(Cl)n2)c1. The van der Waals surface area contributed by atoms with Gasteiger partial charge in [0.05, 0.1) is 0 Å². The summed E-state index contributed by atoms with van der Waals surface area (Å²) in [6, 6.07) is 6.06. The molecule has 1 aromatic heterocycles. The Morgan fingerprint density at radius 3 is 2.65 bits per heavy atom. The third-order valence-corrected chi connectivity index (χ3v) is 2.43. The van der Waals surface area contributed by atoms with Gasteiger partial charge in [0.15, 0.2) is 0 Å². The van der Waals surface area contributed by atoms with E-state index in [4.69, 9.17) is 17.3 Å². The first kappa shape index (κ1) is 11.6. The molecule has 0 fully saturated rings. The number of nitrogens with two attached hydrogens (primary N) is 1. The quantitative estimate of drug-likeness (QED) is 0.855. The molecule has 6 heteroatoms. The van der Waals surface area contributed by atoms with Gasteiger partial charge in [-0.05, 0) is 42.6 Å². The summed E-state index contributed by atoms with van der Waals surface area (Å²) in [5.74, 6) is 0.439. The van der Waals surface area contributed by atoms with Gasteiger partial charge in [0.2, 0.25) is 17.2 Å². The smallest absolute Gasteiger partial charge is 0.233 e. The number of hydrogen-bond acceptors (Lipinski definition) is 5. The van der Waals surface area contributed by atoms with E-state index in [0.29, 0.717) is 5.95 Å². The third-order valence-electron chi connectivity index (χ3n) is 2.26. The Balaban J connectivity index is 2.34. The number of anilines is 3. The van der Waals surface area contributed by atoms with E-state index in [-0.39, 0.29) is 11.2 Å². The fraction of sp³-hybridized carbons (Fsp3) is 0.182. The van der Waals surface area contributed by atoms with E-state index in [2.05, 4.69) is 20.3 Å². The lowest BCUT2D eigenvalue weighted by atomic mass is 10.1. The van der Waals surface area contributed by atoms with Gasteiger partial charge in [-0.3, -0.25) is 0 Å². The predicted molar refractivity (Wildman–Crippen MR) is 68.4 cm³/mol. The van der Waals surface area contributed by atoms with Crippen LogP contribution in [0.5, 0.6) is 0 Å². The van der Waals surface area contributed by atoms with Crippen LogP contribution in [0.15, 0.2) is 18.2 Å². The molecule has 0 spiro atoms. The van der Waals surface area contributed by atoms with Crippen LogP contribution in [-0.2, 0) is 0 Å². The summed E-state index contributed by atoms with van der Waals surface area (Å²) in [5, 5.41) is 3.14. The molecule has 0 saturated heterocycles. The number of nitrogens with one attached hydrogen (secondary N) is 1. The number of aryl methyl sites for hydroxylation is 2. The van der Waals surface area contributed by atoms with Gasteiger partial charge in [-0.2, -0.15) is 15.0 Å². The van der Waals surface area contributed by atoms with Crippen LogP contribution in [0.3, 0.4) is 0 Å². The Kier molecular flexibility index (Phi) is 3.10. The molecular formula is C11H12ClN5. The Hall–Kier alpha value is -1.88. The largest absolute Gasteiger partial charge is 0.368 e. The first-order valence-corrected chi connectivity index (χ1v) is 5.44. The highest BCUT2D eigenvalue weighted by atomic mass is 35.5. The molecule has 0 aliphatic rings. The van der Waals surface area contributed by atoms with Gasteiger partial charge in [0.1, 0.15) is 0 Å². The normalized spacial score (nSPS) is 10.3. The number of nitrogens with zero attached hydrogens (tertiary/aromatic N) is 3. The van der Waals surface area contributed by atoms with Gasteiger partial charge in [0, 0.05) is 5.69 Å². The molecule has 0 saturated carbocycles. The van der Waals surface area contributed by atoms with Gasteiger partial charge in [-0.1, -0.05) is 12.1 Å². The Morgan fingerprint density at radius 2 is 1.94 bits per heavy atom. The van der Waals surface area contributed by atoms with E-state index >= 15 is 0 Å². The molecule has 0 aliphatic heterocycles. The summed E-state index contributed by atoms with van der Waals surface area (Å²) in [4.78, 5) is 11.6. The maximum atomic E-state index is 5.71. The van der Waals surface area contributed by atoms with E-state index in [9.17, 15) is 0 Å². The fourth-order valence-electron chi connectivity index (χ4n) is 1.41. The Bertz CT molecular complexity index is 535. The lowest BCUT2D eigenvalue weighted by molar-refractivity contribution is 1.07. The Morgan fingerprint density at radius 1 is 1.18 bits per heavy atom. The van der Waals surface area contributed by atoms with Crippen molar-refractivity contribution < 1.29 is 0 Å². The summed E-state index contributed by atoms with van der Waals surface area (Å²) >= 11 is 5.71. The number of halogens is 1. The average Bonchev–Trinajstić information content (AvgIpc) is 2.22. The maximum absolute atomic E-state index is 5.71. The molecule has 0 bridgehead atoms. The number of rotatable bonds is 2. The van der Waals surface area contributed by atoms with Crippen molar-refractivity contribution in [2.75, 3.05) is 11.1 Å². The van der Waals surface area contributed by atoms with Crippen LogP contribution >= 0.6 is 11.6 Å². The second kappa shape index (κ2) is 4.55. The zero-order chi connectivity index (χ0) is 12.4. The van der Waals surface area contributed by atoms with Gasteiger partial charge >= 0.3 is 0 Å². The molecule has 17 heavy (non-hydrogen) atoms. The molecule has 2 aromatic rings. The standard InChI is InChI=1S/C11H12ClN5/c1-6-3-4-7(2)8(5-6)14-11-16-9(12)15-10(13)17-11/h3-5H,1-2H3,(H3,13,14,15,16,17). The monoisotopic (exact) mass is 249 g/mol. The van der Waals surface area contributed by atoms with Crippen LogP contribution < -0.4 is 11.1 Å². The molecule has 88 valence electrons. The van der Waals surface area contributed by atoms with Gasteiger partial charge in [-0.15, -0.1) is 0 Å². The second-order valence-corrected chi connectivity index (χ2v) is 4.07. The highest BCUT2D eigenvalue weighted by molar-refractivity contribution is 6.28. The van der Waals surface area contributed by atoms with Crippen molar-refractivity contribution in [1.29, 1.82) is 0 Å². The molecule has 3 N–H and O–H groups in total. The Labute approximate surface area is 104 Å². The van der Waals surface area contributed by atoms with Crippen molar-refractivity contribution in [2.45, 2.75) is 13.8 Å². The first-order valence-electron chi connectivity index (χ1n) is 5.06. The van der Waals surface area contributed by atoms with Crippen molar-refractivity contribution in [2.24, 2.45) is 0 Å². The highest BCUT2D eigenvalue weighted by Crippen LogP contribution is 2.20. The second-order valence-electron chi connectivity index (χ2n) is 3.73. The molecule has 1 heterocycles. The third kappa shape index (κ3) is 2.82. The lowest BCUT2D eigenvalue weighted by Gasteiger charge is -2.09. The van der Waals surface area contributed by atoms with E-state index in [1.165, 1.54) is 0 Å². The van der Waals surface area contributed by atoms with Crippen LogP contribution in [0, 0.1) is 13.8 Å². The van der Waals surface area contributed by atoms with Gasteiger partial charge < -0.3 is 11.1 Å². The van der Waals surface area contributed by atoms with Crippen LogP contribution in [0.4, 0.5) is 17.6 Å². The lowest BCUT2D eigenvalue weighted by Crippen LogP contribution is -2.04. The summed E-state index contributed by atoms with van der Waals surface area (Å²) in [6.45, 7) is 4.01. The van der Waals surface area contributed by atoms with Crippen molar-refractivity contribution in [3.63, 3.8) is 0 Å². The zero-order valence-electron chi connectivity index (χ0n) is 9.53. The zero-order valence-corrected chi connectivity index (χ0v) is 10.3. The highest BCUT2D eigenvalue weighted by Gasteiger charge is 2.04. The maximum Gasteiger partial charge on any atom is 0.233 e. The van der Waals surface area contributed by atoms with Gasteiger partial charge in [-0.25, -0.2) is 0 Å². The molecule has 1 aromatic carbocycles. The van der Waals surface area contributed by atoms with Gasteiger partial charge in [0.25, 0.3) is 0 Å². The summed E-state index contributed by atoms with van der Waals surface area (Å²) in [7, 11) is 0. The summed E-state index contributed by atoms with van der Waals surface area (Å²) in [5.41, 5.74) is 8.65. The predicted octanol–water partition coefficient (Wildman–Crippen LogP) is 2.47. The van der Waals surface area contributed by atoms with E-state index in [0.717, 1.165) is 16.8 Å². The molecule has 0 unspecified atom stereocenters. The van der Waals surface area contributed by atoms with Crippen molar-refractivity contribution >= 4 is 29.2 Å². The minimum absolute atomic E-state index is 0.0744. The molecule has 5 nitrogen and oxygen atoms in total. The number of benzene rings is 1. The average molecular weight is 250 g/mol. The minimum Gasteiger partial charge on any atom is -0.368 e. The summed E-state index contributed by atoms with van der Waals surface area (Å²) in [6.07, 6.45) is 0. The first-order chi connectivity index (χ1) is 8.04. The molecule has 0 amide bonds. The molecule has 0 radical (unpaired) electrons. The number of aromatic nitrogens is 3. The number of nitrogen functional groups attached to an aromatic ring is 1. The van der Waals surface area contributed by atoms with E-state index in [1.807, 2.05) is 32.0 Å². The van der Waals surface area contributed by atoms with E-state index < -0.39 is 0 Å². The molecular weight excluding hydrogens is 238 g/mol. The molecule has 0 aliphatic carbocycles. The van der Waals surface area contributed by atoms with Crippen LogP contribution in [0.2, 0.25) is 5.28 Å². The topological polar surface area (TPSA) is 76.7 Å².